The van der Waals surface area contributed by atoms with E-state index in [0.29, 0.717) is 49.2 Å². The molecule has 11 heteroatoms. The summed E-state index contributed by atoms with van der Waals surface area (Å²) < 4.78 is 22.3. The number of unbranched alkanes of at least 4 members (excludes halogenated alkanes) is 1. The third-order valence-electron chi connectivity index (χ3n) is 6.67. The Morgan fingerprint density at radius 1 is 0.750 bits per heavy atom. The Hall–Kier alpha value is -2.75. The van der Waals surface area contributed by atoms with E-state index in [0.717, 1.165) is 46.0 Å². The van der Waals surface area contributed by atoms with Gasteiger partial charge in [-0.1, -0.05) is 104 Å². The van der Waals surface area contributed by atoms with Crippen LogP contribution in [0.1, 0.15) is 49.3 Å². The Balaban J connectivity index is 1.88. The summed E-state index contributed by atoms with van der Waals surface area (Å²) in [6.07, 6.45) is 3.05. The maximum Gasteiger partial charge on any atom is 0.412 e. The van der Waals surface area contributed by atoms with E-state index >= 15 is 0 Å². The van der Waals surface area contributed by atoms with E-state index < -0.39 is 30.1 Å². The van der Waals surface area contributed by atoms with Crippen molar-refractivity contribution >= 4 is 43.2 Å². The zero-order valence-corrected chi connectivity index (χ0v) is 27.6. The second-order valence-electron chi connectivity index (χ2n) is 10.2. The van der Waals surface area contributed by atoms with Gasteiger partial charge in [0.25, 0.3) is 0 Å². The largest absolute Gasteiger partial charge is 0.464 e. The Bertz CT molecular complexity index is 1260. The summed E-state index contributed by atoms with van der Waals surface area (Å²) >= 11 is 1.97. The Labute approximate surface area is 269 Å². The van der Waals surface area contributed by atoms with E-state index in [2.05, 4.69) is 0 Å². The van der Waals surface area contributed by atoms with E-state index in [1.54, 1.807) is 24.3 Å². The molecular formula is C33H42NO7PS2. The van der Waals surface area contributed by atoms with Gasteiger partial charge in [-0.2, -0.15) is 0 Å². The molecule has 3 rings (SSSR count). The summed E-state index contributed by atoms with van der Waals surface area (Å²) in [6, 6.07) is 28.6. The topological polar surface area (TPSA) is 113 Å². The highest BCUT2D eigenvalue weighted by Gasteiger charge is 2.56. The van der Waals surface area contributed by atoms with Gasteiger partial charge in [0.15, 0.2) is 0 Å². The molecule has 0 heterocycles. The number of esters is 1. The number of carbonyl (C=O) groups is 2. The molecule has 0 aromatic heterocycles. The van der Waals surface area contributed by atoms with Crippen molar-refractivity contribution in [2.75, 3.05) is 24.7 Å². The number of rotatable bonds is 19. The van der Waals surface area contributed by atoms with Crippen molar-refractivity contribution < 1.29 is 33.4 Å². The number of hydrogen-bond donors (Lipinski definition) is 2. The SMILES string of the molecule is CCCCOC(=O)CN(C(=O)OCc1ccccc1)C(SCCCc1ccccc1)(SCCCc1ccccc1)P(=O)(O)O. The first-order valence-corrected chi connectivity index (χ1v) is 18.4. The lowest BCUT2D eigenvalue weighted by Gasteiger charge is -2.41. The molecule has 0 saturated heterocycles. The standard InChI is InChI=1S/C33H42NO7PS2/c1-2-3-23-40-31(35)26-34(32(36)41-27-30-19-11-6-12-20-30)33(42(37,38)39,43-24-13-21-28-15-7-4-8-16-28)44-25-14-22-29-17-9-5-10-18-29/h4-12,15-20H,2-3,13-14,21-27H2,1H3,(H2,37,38,39). The third kappa shape index (κ3) is 11.6. The van der Waals surface area contributed by atoms with Crippen LogP contribution in [0, 0.1) is 0 Å². The van der Waals surface area contributed by atoms with Crippen LogP contribution in [0.2, 0.25) is 0 Å². The maximum absolute atomic E-state index is 13.7. The van der Waals surface area contributed by atoms with Crippen molar-refractivity contribution in [3.63, 3.8) is 0 Å². The maximum atomic E-state index is 13.7. The molecule has 0 aliphatic heterocycles. The smallest absolute Gasteiger partial charge is 0.412 e. The summed E-state index contributed by atoms with van der Waals surface area (Å²) in [6.45, 7) is 1.34. The molecule has 3 aromatic rings. The number of nitrogens with zero attached hydrogens (tertiary/aromatic N) is 1. The van der Waals surface area contributed by atoms with E-state index in [-0.39, 0.29) is 13.2 Å². The fourth-order valence-corrected chi connectivity index (χ4v) is 9.25. The summed E-state index contributed by atoms with van der Waals surface area (Å²) in [4.78, 5) is 49.5. The monoisotopic (exact) mass is 659 g/mol. The van der Waals surface area contributed by atoms with Gasteiger partial charge in [-0.05, 0) is 60.3 Å². The van der Waals surface area contributed by atoms with E-state index in [1.165, 1.54) is 0 Å². The van der Waals surface area contributed by atoms with Crippen molar-refractivity contribution in [2.45, 2.75) is 56.0 Å². The molecule has 0 aliphatic carbocycles. The molecule has 44 heavy (non-hydrogen) atoms. The molecular weight excluding hydrogens is 617 g/mol. The van der Waals surface area contributed by atoms with E-state index in [1.807, 2.05) is 73.7 Å². The average Bonchev–Trinajstić information content (AvgIpc) is 3.03. The van der Waals surface area contributed by atoms with Crippen LogP contribution < -0.4 is 0 Å². The molecule has 0 saturated carbocycles. The Kier molecular flexibility index (Phi) is 15.4. The van der Waals surface area contributed by atoms with Crippen molar-refractivity contribution in [3.8, 4) is 0 Å². The molecule has 2 N–H and O–H groups in total. The van der Waals surface area contributed by atoms with Gasteiger partial charge >= 0.3 is 19.7 Å². The fourth-order valence-electron chi connectivity index (χ4n) is 4.36. The van der Waals surface area contributed by atoms with Crippen LogP contribution in [-0.2, 0) is 38.3 Å². The first-order chi connectivity index (χ1) is 21.2. The number of ether oxygens (including phenoxy) is 2. The molecule has 8 nitrogen and oxygen atoms in total. The summed E-state index contributed by atoms with van der Waals surface area (Å²) in [5.41, 5.74) is 2.91. The summed E-state index contributed by atoms with van der Waals surface area (Å²) in [7, 11) is -5.08. The first-order valence-electron chi connectivity index (χ1n) is 14.8. The lowest BCUT2D eigenvalue weighted by molar-refractivity contribution is -0.144. The average molecular weight is 660 g/mol. The van der Waals surface area contributed by atoms with Crippen LogP contribution in [0.5, 0.6) is 0 Å². The van der Waals surface area contributed by atoms with Crippen molar-refractivity contribution in [2.24, 2.45) is 0 Å². The zero-order chi connectivity index (χ0) is 31.7. The van der Waals surface area contributed by atoms with Gasteiger partial charge in [-0.15, -0.1) is 23.5 Å². The normalized spacial score (nSPS) is 11.6. The van der Waals surface area contributed by atoms with Gasteiger partial charge in [0.2, 0.25) is 3.94 Å². The van der Waals surface area contributed by atoms with Crippen LogP contribution in [0.25, 0.3) is 0 Å². The lowest BCUT2D eigenvalue weighted by atomic mass is 10.1. The fraction of sp³-hybridized carbons (Fsp3) is 0.394. The number of benzene rings is 3. The first kappa shape index (κ1) is 35.7. The molecule has 0 fully saturated rings. The minimum atomic E-state index is -5.08. The minimum absolute atomic E-state index is 0.115. The predicted molar refractivity (Wildman–Crippen MR) is 178 cm³/mol. The highest BCUT2D eigenvalue weighted by Crippen LogP contribution is 2.65. The van der Waals surface area contributed by atoms with Gasteiger partial charge < -0.3 is 19.3 Å². The Morgan fingerprint density at radius 2 is 1.23 bits per heavy atom. The zero-order valence-electron chi connectivity index (χ0n) is 25.1. The van der Waals surface area contributed by atoms with Gasteiger partial charge in [-0.25, -0.2) is 4.79 Å². The van der Waals surface area contributed by atoms with Gasteiger partial charge in [0, 0.05) is 0 Å². The number of hydrogen-bond acceptors (Lipinski definition) is 7. The van der Waals surface area contributed by atoms with Crippen LogP contribution in [0.3, 0.4) is 0 Å². The molecule has 1 amide bonds. The van der Waals surface area contributed by atoms with Crippen molar-refractivity contribution in [3.05, 3.63) is 108 Å². The van der Waals surface area contributed by atoms with Crippen molar-refractivity contribution in [1.82, 2.24) is 4.90 Å². The second kappa shape index (κ2) is 18.9. The lowest BCUT2D eigenvalue weighted by Crippen LogP contribution is -2.50. The number of aryl methyl sites for hydroxylation is 2. The highest BCUT2D eigenvalue weighted by atomic mass is 32.2. The van der Waals surface area contributed by atoms with Crippen LogP contribution in [-0.4, -0.2) is 55.4 Å². The number of amides is 1. The van der Waals surface area contributed by atoms with Crippen LogP contribution >= 0.6 is 31.1 Å². The quantitative estimate of drug-likeness (QED) is 0.0585. The highest BCUT2D eigenvalue weighted by molar-refractivity contribution is 8.24. The molecule has 0 radical (unpaired) electrons. The molecule has 0 atom stereocenters. The molecule has 3 aromatic carbocycles. The van der Waals surface area contributed by atoms with Gasteiger partial charge in [0.1, 0.15) is 13.2 Å². The molecule has 0 unspecified atom stereocenters. The van der Waals surface area contributed by atoms with Crippen LogP contribution in [0.15, 0.2) is 91.0 Å². The minimum Gasteiger partial charge on any atom is -0.464 e. The Morgan fingerprint density at radius 3 is 1.68 bits per heavy atom. The predicted octanol–water partition coefficient (Wildman–Crippen LogP) is 7.49. The van der Waals surface area contributed by atoms with E-state index in [4.69, 9.17) is 9.47 Å². The van der Waals surface area contributed by atoms with Crippen molar-refractivity contribution in [1.29, 1.82) is 0 Å². The van der Waals surface area contributed by atoms with Gasteiger partial charge in [-0.3, -0.25) is 14.3 Å². The van der Waals surface area contributed by atoms with Gasteiger partial charge in [0.05, 0.1) is 6.61 Å². The molecule has 0 aliphatic rings. The summed E-state index contributed by atoms with van der Waals surface area (Å²) in [5, 5.41) is 0. The summed E-state index contributed by atoms with van der Waals surface area (Å²) in [5.74, 6) is -0.0827. The third-order valence-corrected chi connectivity index (χ3v) is 12.7. The van der Waals surface area contributed by atoms with Crippen LogP contribution in [0.4, 0.5) is 4.79 Å². The number of carbonyl (C=O) groups excluding carboxylic acids is 2. The molecule has 238 valence electrons. The molecule has 0 bridgehead atoms. The number of thioether (sulfide) groups is 2. The van der Waals surface area contributed by atoms with E-state index in [9.17, 15) is 23.9 Å². The second-order valence-corrected chi connectivity index (χ2v) is 15.3. The molecule has 0 spiro atoms.